The molecule has 2 N–H and O–H groups in total. The van der Waals surface area contributed by atoms with E-state index in [9.17, 15) is 10.4 Å². The van der Waals surface area contributed by atoms with Gasteiger partial charge in [0.25, 0.3) is 0 Å². The van der Waals surface area contributed by atoms with Crippen LogP contribution in [0.5, 0.6) is 0 Å². The van der Waals surface area contributed by atoms with Crippen LogP contribution in [0.1, 0.15) is 6.92 Å². The predicted octanol–water partition coefficient (Wildman–Crippen LogP) is -4.94. The summed E-state index contributed by atoms with van der Waals surface area (Å²) in [5.41, 5.74) is 2.15. The third kappa shape index (κ3) is 6.00. The summed E-state index contributed by atoms with van der Waals surface area (Å²) in [5.74, 6) is 0. The van der Waals surface area contributed by atoms with E-state index in [0.29, 0.717) is 6.54 Å². The second-order valence-electron chi connectivity index (χ2n) is 0.897. The summed E-state index contributed by atoms with van der Waals surface area (Å²) in [6.45, 7) is 2.15. The van der Waals surface area contributed by atoms with Crippen molar-refractivity contribution in [2.75, 3.05) is 6.54 Å². The predicted molar refractivity (Wildman–Crippen MR) is 21.6 cm³/mol. The van der Waals surface area contributed by atoms with E-state index in [1.165, 1.54) is 0 Å². The third-order valence-corrected chi connectivity index (χ3v) is 0.385. The molecule has 0 amide bonds. The molecular weight excluding hydrogens is 121 g/mol. The van der Waals surface area contributed by atoms with Crippen LogP contribution in [0.3, 0.4) is 0 Å². The molecule has 0 fully saturated rings. The van der Waals surface area contributed by atoms with Gasteiger partial charge in [-0.1, -0.05) is 5.43 Å². The van der Waals surface area contributed by atoms with Crippen LogP contribution in [0.25, 0.3) is 0 Å². The van der Waals surface area contributed by atoms with E-state index in [0.717, 1.165) is 5.28 Å². The first-order chi connectivity index (χ1) is 3.31. The fourth-order valence-electron chi connectivity index (χ4n) is 0.176. The molecular formula is C2H7N3NaO2+. The molecule has 0 aromatic carbocycles. The van der Waals surface area contributed by atoms with Crippen molar-refractivity contribution < 1.29 is 39.8 Å². The fourth-order valence-corrected chi connectivity index (χ4v) is 0.176. The Hall–Kier alpha value is 0. The molecule has 0 aliphatic carbocycles. The van der Waals surface area contributed by atoms with Gasteiger partial charge >= 0.3 is 29.6 Å². The van der Waals surface area contributed by atoms with Crippen molar-refractivity contribution in [3.8, 4) is 0 Å². The van der Waals surface area contributed by atoms with Crippen LogP contribution in [0, 0.1) is 10.4 Å². The Morgan fingerprint density at radius 3 is 2.38 bits per heavy atom. The Bertz CT molecular complexity index is 75.7. The van der Waals surface area contributed by atoms with Crippen LogP contribution in [-0.4, -0.2) is 11.5 Å². The van der Waals surface area contributed by atoms with Gasteiger partial charge in [0.05, 0.1) is 0 Å². The summed E-state index contributed by atoms with van der Waals surface area (Å²) < 4.78 is 0. The quantitative estimate of drug-likeness (QED) is 0.169. The van der Waals surface area contributed by atoms with Crippen LogP contribution >= 0.6 is 0 Å². The maximum atomic E-state index is 9.79. The number of hydrogen-bond donors (Lipinski definition) is 2. The van der Waals surface area contributed by atoms with Crippen LogP contribution in [0.4, 0.5) is 0 Å². The Morgan fingerprint density at radius 2 is 2.25 bits per heavy atom. The molecule has 0 saturated heterocycles. The molecule has 42 valence electrons. The minimum absolute atomic E-state index is 0. The Balaban J connectivity index is 0. The smallest absolute Gasteiger partial charge is 0.665 e. The zero-order chi connectivity index (χ0) is 5.70. The average molecular weight is 128 g/mol. The Labute approximate surface area is 69.2 Å². The summed E-state index contributed by atoms with van der Waals surface area (Å²) in [4.78, 5) is 0. The molecule has 0 saturated carbocycles. The zero-order valence-corrected chi connectivity index (χ0v) is 6.97. The standard InChI is InChI=1S/C2H7N3O2.Na/c1-2-3-5(7)4-6;/h3-4H,2H2,1H3;/q;+1/b5-4-;. The summed E-state index contributed by atoms with van der Waals surface area (Å²) in [6.07, 6.45) is 0. The minimum Gasteiger partial charge on any atom is -0.665 e. The topological polar surface area (TPSA) is 75.1 Å². The molecule has 5 nitrogen and oxygen atoms in total. The monoisotopic (exact) mass is 128 g/mol. The molecule has 0 aliphatic heterocycles. The summed E-state index contributed by atoms with van der Waals surface area (Å²) >= 11 is 0. The first-order valence-corrected chi connectivity index (χ1v) is 1.89. The first kappa shape index (κ1) is 10.9. The fraction of sp³-hybridized carbons (Fsp3) is 1.00. The van der Waals surface area contributed by atoms with Crippen LogP contribution in [-0.2, 0) is 0 Å². The molecule has 6 heteroatoms. The number of hydrazine groups is 1. The third-order valence-electron chi connectivity index (χ3n) is 0.385. The SMILES string of the molecule is CCN/[N+]([O-])=[NH+]/[O-].[Na+]. The van der Waals surface area contributed by atoms with E-state index in [1.807, 2.05) is 0 Å². The van der Waals surface area contributed by atoms with Gasteiger partial charge in [0.15, 0.2) is 4.97 Å². The number of rotatable bonds is 2. The van der Waals surface area contributed by atoms with E-state index in [2.05, 4.69) is 5.43 Å². The summed E-state index contributed by atoms with van der Waals surface area (Å²) in [7, 11) is 0. The maximum Gasteiger partial charge on any atom is 1.00 e. The van der Waals surface area contributed by atoms with E-state index in [1.54, 1.807) is 6.92 Å². The van der Waals surface area contributed by atoms with Gasteiger partial charge in [0.2, 0.25) is 0 Å². The Morgan fingerprint density at radius 1 is 1.75 bits per heavy atom. The molecule has 0 atom stereocenters. The van der Waals surface area contributed by atoms with Gasteiger partial charge in [0.1, 0.15) is 6.54 Å². The summed E-state index contributed by atoms with van der Waals surface area (Å²) in [5, 5.41) is 20.2. The van der Waals surface area contributed by atoms with Crippen LogP contribution in [0.2, 0.25) is 0 Å². The van der Waals surface area contributed by atoms with E-state index in [4.69, 9.17) is 0 Å². The normalized spacial score (nSPS) is 9.88. The second kappa shape index (κ2) is 7.00. The van der Waals surface area contributed by atoms with Crippen LogP contribution < -0.4 is 40.3 Å². The number of nitrogens with zero attached hydrogens (tertiary/aromatic N) is 1. The molecule has 0 spiro atoms. The van der Waals surface area contributed by atoms with Crippen molar-refractivity contribution >= 4 is 0 Å². The van der Waals surface area contributed by atoms with Gasteiger partial charge < -0.3 is 10.4 Å². The Kier molecular flexibility index (Phi) is 9.53. The van der Waals surface area contributed by atoms with E-state index in [-0.39, 0.29) is 34.5 Å². The molecule has 0 heterocycles. The summed E-state index contributed by atoms with van der Waals surface area (Å²) in [6, 6.07) is 0. The van der Waals surface area contributed by atoms with E-state index >= 15 is 0 Å². The molecule has 8 heavy (non-hydrogen) atoms. The van der Waals surface area contributed by atoms with Crippen molar-refractivity contribution in [3.05, 3.63) is 10.4 Å². The molecule has 0 aromatic rings. The largest absolute Gasteiger partial charge is 1.00 e. The van der Waals surface area contributed by atoms with Crippen molar-refractivity contribution in [1.29, 1.82) is 0 Å². The second-order valence-corrected chi connectivity index (χ2v) is 0.897. The van der Waals surface area contributed by atoms with Crippen LogP contribution in [0.15, 0.2) is 0 Å². The van der Waals surface area contributed by atoms with Gasteiger partial charge in [-0.3, -0.25) is 0 Å². The van der Waals surface area contributed by atoms with Gasteiger partial charge in [-0.2, -0.15) is 0 Å². The van der Waals surface area contributed by atoms with Crippen molar-refractivity contribution in [2.24, 2.45) is 0 Å². The number of hydrogen-bond acceptors (Lipinski definition) is 2. The van der Waals surface area contributed by atoms with Crippen molar-refractivity contribution in [1.82, 2.24) is 5.43 Å². The van der Waals surface area contributed by atoms with Gasteiger partial charge in [0, 0.05) is 0 Å². The maximum absolute atomic E-state index is 9.79. The van der Waals surface area contributed by atoms with Crippen molar-refractivity contribution in [2.45, 2.75) is 6.92 Å². The van der Waals surface area contributed by atoms with Gasteiger partial charge in [-0.05, 0) is 12.2 Å². The first-order valence-electron chi connectivity index (χ1n) is 1.89. The molecule has 0 aliphatic rings. The van der Waals surface area contributed by atoms with Crippen molar-refractivity contribution in [3.63, 3.8) is 0 Å². The number of nitrogens with one attached hydrogen (secondary N) is 2. The molecule has 0 radical (unpaired) electrons. The molecule has 0 aromatic heterocycles. The molecule has 0 bridgehead atoms. The van der Waals surface area contributed by atoms with Gasteiger partial charge in [-0.15, -0.1) is 0 Å². The van der Waals surface area contributed by atoms with E-state index < -0.39 is 0 Å². The molecule has 0 rings (SSSR count). The van der Waals surface area contributed by atoms with Gasteiger partial charge in [-0.25, -0.2) is 0 Å². The zero-order valence-electron chi connectivity index (χ0n) is 4.97. The minimum atomic E-state index is 0. The molecule has 0 unspecified atom stereocenters. The average Bonchev–Trinajstić information content (AvgIpc) is 1.68.